The Kier molecular flexibility index (Phi) is 3.19. The molecule has 3 heteroatoms. The van der Waals surface area contributed by atoms with E-state index in [1.165, 1.54) is 6.42 Å². The normalized spacial score (nSPS) is 23.1. The molecule has 0 aromatic rings. The number of hydrogen-bond acceptors (Lipinski definition) is 2. The van der Waals surface area contributed by atoms with E-state index >= 15 is 0 Å². The summed E-state index contributed by atoms with van der Waals surface area (Å²) in [5.74, 6) is 0. The average molecular weight is 237 g/mol. The molecule has 1 aliphatic heterocycles. The van der Waals surface area contributed by atoms with Crippen molar-refractivity contribution in [2.24, 2.45) is 0 Å². The minimum atomic E-state index is -0.401. The van der Waals surface area contributed by atoms with Crippen molar-refractivity contribution >= 4 is 6.09 Å². The lowest BCUT2D eigenvalue weighted by Gasteiger charge is -2.45. The lowest BCUT2D eigenvalue weighted by atomic mass is 9.85. The minimum Gasteiger partial charge on any atom is -0.444 e. The highest BCUT2D eigenvalue weighted by Crippen LogP contribution is 2.39. The van der Waals surface area contributed by atoms with Gasteiger partial charge in [0.1, 0.15) is 5.60 Å². The number of likely N-dealkylation sites (tertiary alicyclic amines) is 1. The van der Waals surface area contributed by atoms with E-state index in [2.05, 4.69) is 12.2 Å². The lowest BCUT2D eigenvalue weighted by Crippen LogP contribution is -2.54. The van der Waals surface area contributed by atoms with Crippen molar-refractivity contribution in [3.8, 4) is 0 Å². The van der Waals surface area contributed by atoms with Gasteiger partial charge in [-0.1, -0.05) is 12.2 Å². The van der Waals surface area contributed by atoms with Gasteiger partial charge in [-0.05, 0) is 52.9 Å². The highest BCUT2D eigenvalue weighted by Gasteiger charge is 2.43. The number of carbonyl (C=O) groups is 1. The second-order valence-electron chi connectivity index (χ2n) is 6.19. The largest absolute Gasteiger partial charge is 0.444 e. The van der Waals surface area contributed by atoms with Crippen molar-refractivity contribution in [1.29, 1.82) is 0 Å². The molecule has 2 aliphatic rings. The van der Waals surface area contributed by atoms with Crippen LogP contribution in [0.1, 0.15) is 52.9 Å². The Morgan fingerprint density at radius 1 is 1.24 bits per heavy atom. The number of amides is 1. The molecule has 0 atom stereocenters. The molecule has 1 amide bonds. The van der Waals surface area contributed by atoms with Crippen molar-refractivity contribution in [3.05, 3.63) is 12.2 Å². The van der Waals surface area contributed by atoms with E-state index in [1.54, 1.807) is 0 Å². The molecule has 1 fully saturated rings. The zero-order chi connectivity index (χ0) is 12.5. The summed E-state index contributed by atoms with van der Waals surface area (Å²) >= 11 is 0. The maximum Gasteiger partial charge on any atom is 0.410 e. The maximum absolute atomic E-state index is 12.3. The van der Waals surface area contributed by atoms with Gasteiger partial charge in [0.05, 0.1) is 5.54 Å². The first kappa shape index (κ1) is 12.5. The van der Waals surface area contributed by atoms with Crippen molar-refractivity contribution in [2.45, 2.75) is 64.0 Å². The Morgan fingerprint density at radius 2 is 1.88 bits per heavy atom. The summed E-state index contributed by atoms with van der Waals surface area (Å²) in [6, 6.07) is 0. The van der Waals surface area contributed by atoms with Crippen LogP contribution < -0.4 is 0 Å². The summed E-state index contributed by atoms with van der Waals surface area (Å²) < 4.78 is 5.52. The van der Waals surface area contributed by atoms with Gasteiger partial charge in [0.25, 0.3) is 0 Å². The summed E-state index contributed by atoms with van der Waals surface area (Å²) in [4.78, 5) is 14.2. The monoisotopic (exact) mass is 237 g/mol. The van der Waals surface area contributed by atoms with Crippen LogP contribution in [0.5, 0.6) is 0 Å². The molecule has 0 aromatic carbocycles. The van der Waals surface area contributed by atoms with E-state index in [-0.39, 0.29) is 11.6 Å². The van der Waals surface area contributed by atoms with Crippen LogP contribution in [0.25, 0.3) is 0 Å². The Morgan fingerprint density at radius 3 is 2.47 bits per heavy atom. The summed E-state index contributed by atoms with van der Waals surface area (Å²) in [7, 11) is 0. The molecule has 1 saturated heterocycles. The summed E-state index contributed by atoms with van der Waals surface area (Å²) in [6.45, 7) is 6.62. The van der Waals surface area contributed by atoms with Crippen molar-refractivity contribution < 1.29 is 9.53 Å². The van der Waals surface area contributed by atoms with Crippen molar-refractivity contribution in [3.63, 3.8) is 0 Å². The third-order valence-electron chi connectivity index (χ3n) is 3.62. The number of hydrogen-bond donors (Lipinski definition) is 0. The molecule has 0 aromatic heterocycles. The first-order valence-corrected chi connectivity index (χ1v) is 6.59. The number of carbonyl (C=O) groups excluding carboxylic acids is 1. The first-order chi connectivity index (χ1) is 7.93. The smallest absolute Gasteiger partial charge is 0.410 e. The van der Waals surface area contributed by atoms with E-state index < -0.39 is 5.60 Å². The predicted octanol–water partition coefficient (Wildman–Crippen LogP) is 3.50. The van der Waals surface area contributed by atoms with Gasteiger partial charge in [-0.15, -0.1) is 0 Å². The van der Waals surface area contributed by atoms with Crippen LogP contribution >= 0.6 is 0 Å². The topological polar surface area (TPSA) is 29.5 Å². The van der Waals surface area contributed by atoms with Crippen molar-refractivity contribution in [2.75, 3.05) is 6.54 Å². The van der Waals surface area contributed by atoms with Gasteiger partial charge in [-0.25, -0.2) is 4.79 Å². The molecule has 0 saturated carbocycles. The van der Waals surface area contributed by atoms with Gasteiger partial charge in [-0.3, -0.25) is 0 Å². The Hall–Kier alpha value is -0.990. The van der Waals surface area contributed by atoms with Gasteiger partial charge in [0.2, 0.25) is 0 Å². The Labute approximate surface area is 104 Å². The summed E-state index contributed by atoms with van der Waals surface area (Å²) in [5, 5.41) is 0. The second kappa shape index (κ2) is 4.35. The van der Waals surface area contributed by atoms with Crippen LogP contribution in [-0.2, 0) is 4.74 Å². The van der Waals surface area contributed by atoms with Crippen LogP contribution in [0.2, 0.25) is 0 Å². The zero-order valence-corrected chi connectivity index (χ0v) is 11.2. The highest BCUT2D eigenvalue weighted by molar-refractivity contribution is 5.69. The SMILES string of the molecule is CC(C)(C)OC(=O)N1CCCCC12CC=CC2. The van der Waals surface area contributed by atoms with Crippen LogP contribution in [0.4, 0.5) is 4.79 Å². The molecule has 96 valence electrons. The van der Waals surface area contributed by atoms with Crippen LogP contribution in [0, 0.1) is 0 Å². The number of nitrogens with zero attached hydrogens (tertiary/aromatic N) is 1. The number of ether oxygens (including phenoxy) is 1. The molecule has 2 rings (SSSR count). The molecule has 0 N–H and O–H groups in total. The van der Waals surface area contributed by atoms with Gasteiger partial charge in [0, 0.05) is 6.54 Å². The molecule has 1 heterocycles. The van der Waals surface area contributed by atoms with Crippen LogP contribution in [-0.4, -0.2) is 28.7 Å². The third kappa shape index (κ3) is 2.64. The lowest BCUT2D eigenvalue weighted by molar-refractivity contribution is -0.0126. The predicted molar refractivity (Wildman–Crippen MR) is 67.9 cm³/mol. The molecule has 0 bridgehead atoms. The van der Waals surface area contributed by atoms with Crippen LogP contribution in [0.15, 0.2) is 12.2 Å². The first-order valence-electron chi connectivity index (χ1n) is 6.59. The molecular formula is C14H23NO2. The third-order valence-corrected chi connectivity index (χ3v) is 3.62. The fourth-order valence-electron chi connectivity index (χ4n) is 2.81. The van der Waals surface area contributed by atoms with E-state index in [4.69, 9.17) is 4.74 Å². The van der Waals surface area contributed by atoms with Crippen LogP contribution in [0.3, 0.4) is 0 Å². The molecular weight excluding hydrogens is 214 g/mol. The summed E-state index contributed by atoms with van der Waals surface area (Å²) in [6.07, 6.45) is 9.67. The van der Waals surface area contributed by atoms with Gasteiger partial charge in [-0.2, -0.15) is 0 Å². The number of rotatable bonds is 0. The molecule has 1 spiro atoms. The van der Waals surface area contributed by atoms with Gasteiger partial charge in [0.15, 0.2) is 0 Å². The molecule has 0 radical (unpaired) electrons. The average Bonchev–Trinajstić information content (AvgIpc) is 2.65. The molecule has 1 aliphatic carbocycles. The summed E-state index contributed by atoms with van der Waals surface area (Å²) in [5.41, 5.74) is -0.373. The van der Waals surface area contributed by atoms with Gasteiger partial charge >= 0.3 is 6.09 Å². The fourth-order valence-corrected chi connectivity index (χ4v) is 2.81. The van der Waals surface area contributed by atoms with Gasteiger partial charge < -0.3 is 9.64 Å². The maximum atomic E-state index is 12.3. The highest BCUT2D eigenvalue weighted by atomic mass is 16.6. The number of piperidine rings is 1. The standard InChI is InChI=1S/C14H23NO2/c1-13(2,3)17-12(16)15-11-7-6-10-14(15)8-4-5-9-14/h4-5H,6-11H2,1-3H3. The van der Waals surface area contributed by atoms with E-state index in [0.717, 1.165) is 32.2 Å². The Bertz CT molecular complexity index is 320. The fraction of sp³-hybridized carbons (Fsp3) is 0.786. The second-order valence-corrected chi connectivity index (χ2v) is 6.19. The van der Waals surface area contributed by atoms with E-state index in [0.29, 0.717) is 0 Å². The van der Waals surface area contributed by atoms with E-state index in [9.17, 15) is 4.79 Å². The van der Waals surface area contributed by atoms with E-state index in [1.807, 2.05) is 25.7 Å². The molecule has 17 heavy (non-hydrogen) atoms. The molecule has 0 unspecified atom stereocenters. The Balaban J connectivity index is 2.09. The quantitative estimate of drug-likeness (QED) is 0.603. The van der Waals surface area contributed by atoms with Crippen molar-refractivity contribution in [1.82, 2.24) is 4.90 Å². The minimum absolute atomic E-state index is 0.0284. The zero-order valence-electron chi connectivity index (χ0n) is 11.2. The molecule has 3 nitrogen and oxygen atoms in total.